The molecule has 0 fully saturated rings. The third-order valence-electron chi connectivity index (χ3n) is 3.32. The standard InChI is InChI=1S/C17H16BrF2O3PS.2Na.2H/c18-16-11-14(8-9-15(16)17(19,20)24(21,22)23)12-25-10-4-7-13-5-2-1-3-6-13;;;;/h1-9,11H,10,12H2,(H2,21,22,23);;;;/q;2*+1;2*-1/b7-4+;;;;. The largest absolute Gasteiger partial charge is 1.00 e. The van der Waals surface area contributed by atoms with Gasteiger partial charge in [0.1, 0.15) is 0 Å². The van der Waals surface area contributed by atoms with Gasteiger partial charge in [-0.25, -0.2) is 0 Å². The third-order valence-corrected chi connectivity index (χ3v) is 5.91. The minimum atomic E-state index is -5.57. The van der Waals surface area contributed by atoms with Gasteiger partial charge in [-0.1, -0.05) is 70.5 Å². The molecular weight excluding hydrogens is 479 g/mol. The molecule has 0 spiro atoms. The van der Waals surface area contributed by atoms with Crippen LogP contribution >= 0.6 is 35.3 Å². The molecule has 0 saturated heterocycles. The van der Waals surface area contributed by atoms with Crippen LogP contribution in [0.25, 0.3) is 6.08 Å². The van der Waals surface area contributed by atoms with Gasteiger partial charge >= 0.3 is 72.4 Å². The first-order chi connectivity index (χ1) is 11.7. The van der Waals surface area contributed by atoms with Crippen molar-refractivity contribution >= 4 is 41.4 Å². The van der Waals surface area contributed by atoms with E-state index in [4.69, 9.17) is 9.79 Å². The summed E-state index contributed by atoms with van der Waals surface area (Å²) in [5, 5.41) is 0. The van der Waals surface area contributed by atoms with Crippen molar-refractivity contribution in [3.8, 4) is 0 Å². The maximum atomic E-state index is 13.8. The van der Waals surface area contributed by atoms with Gasteiger partial charge in [-0.05, 0) is 17.2 Å². The predicted molar refractivity (Wildman–Crippen MR) is 104 cm³/mol. The summed E-state index contributed by atoms with van der Waals surface area (Å²) in [4.78, 5) is 17.6. The van der Waals surface area contributed by atoms with Crippen molar-refractivity contribution in [1.82, 2.24) is 0 Å². The van der Waals surface area contributed by atoms with E-state index in [2.05, 4.69) is 15.9 Å². The van der Waals surface area contributed by atoms with Crippen molar-refractivity contribution in [2.24, 2.45) is 0 Å². The molecule has 0 unspecified atom stereocenters. The third kappa shape index (κ3) is 8.35. The van der Waals surface area contributed by atoms with Gasteiger partial charge in [0.15, 0.2) is 0 Å². The molecule has 2 aromatic rings. The van der Waals surface area contributed by atoms with Crippen LogP contribution in [0.3, 0.4) is 0 Å². The molecule has 0 aliphatic carbocycles. The Morgan fingerprint density at radius 3 is 2.33 bits per heavy atom. The summed E-state index contributed by atoms with van der Waals surface area (Å²) >= 11 is 4.59. The van der Waals surface area contributed by atoms with Gasteiger partial charge in [-0.3, -0.25) is 4.57 Å². The second-order valence-electron chi connectivity index (χ2n) is 5.23. The fourth-order valence-corrected chi connectivity index (χ4v) is 4.15. The van der Waals surface area contributed by atoms with E-state index in [9.17, 15) is 13.3 Å². The van der Waals surface area contributed by atoms with E-state index in [1.54, 1.807) is 11.8 Å². The Bertz CT molecular complexity index is 815. The summed E-state index contributed by atoms with van der Waals surface area (Å²) in [7, 11) is -5.57. The zero-order chi connectivity index (χ0) is 18.5. The first-order valence-electron chi connectivity index (χ1n) is 7.23. The van der Waals surface area contributed by atoms with Gasteiger partial charge in [-0.2, -0.15) is 20.5 Å². The molecule has 10 heteroatoms. The van der Waals surface area contributed by atoms with Crippen molar-refractivity contribution in [2.45, 2.75) is 11.4 Å². The molecule has 138 valence electrons. The first-order valence-corrected chi connectivity index (χ1v) is 10.8. The van der Waals surface area contributed by atoms with Gasteiger partial charge in [0.05, 0.1) is 0 Å². The van der Waals surface area contributed by atoms with Crippen molar-refractivity contribution in [1.29, 1.82) is 0 Å². The molecule has 2 rings (SSSR count). The maximum Gasteiger partial charge on any atom is 1.00 e. The molecule has 0 bridgehead atoms. The first kappa shape index (κ1) is 28.0. The molecule has 3 nitrogen and oxygen atoms in total. The van der Waals surface area contributed by atoms with Crippen LogP contribution in [0.5, 0.6) is 0 Å². The Balaban J connectivity index is -0.00000169. The number of benzene rings is 2. The molecule has 0 heterocycles. The van der Waals surface area contributed by atoms with Crippen molar-refractivity contribution in [3.05, 3.63) is 75.8 Å². The molecule has 0 aliphatic heterocycles. The zero-order valence-corrected chi connectivity index (χ0v) is 22.3. The summed E-state index contributed by atoms with van der Waals surface area (Å²) in [6, 6.07) is 13.8. The number of thioether (sulfide) groups is 1. The second kappa shape index (κ2) is 12.7. The normalized spacial score (nSPS) is 11.7. The van der Waals surface area contributed by atoms with Crippen LogP contribution in [0.2, 0.25) is 0 Å². The van der Waals surface area contributed by atoms with Crippen LogP contribution in [0.1, 0.15) is 19.5 Å². The van der Waals surface area contributed by atoms with Crippen LogP contribution in [0, 0.1) is 0 Å². The monoisotopic (exact) mass is 496 g/mol. The molecule has 2 aromatic carbocycles. The number of halogens is 3. The Labute approximate surface area is 217 Å². The number of rotatable bonds is 7. The maximum absolute atomic E-state index is 13.8. The van der Waals surface area contributed by atoms with Crippen molar-refractivity contribution in [3.63, 3.8) is 0 Å². The van der Waals surface area contributed by atoms with E-state index >= 15 is 0 Å². The molecule has 27 heavy (non-hydrogen) atoms. The van der Waals surface area contributed by atoms with E-state index in [-0.39, 0.29) is 66.4 Å². The van der Waals surface area contributed by atoms with Crippen molar-refractivity contribution in [2.75, 3.05) is 5.75 Å². The van der Waals surface area contributed by atoms with Gasteiger partial charge in [0.25, 0.3) is 0 Å². The average molecular weight is 497 g/mol. The smallest absolute Gasteiger partial charge is 1.00 e. The van der Waals surface area contributed by atoms with E-state index in [0.717, 1.165) is 22.9 Å². The van der Waals surface area contributed by atoms with Crippen LogP contribution in [0.15, 0.2) is 59.1 Å². The van der Waals surface area contributed by atoms with Gasteiger partial charge < -0.3 is 12.6 Å². The van der Waals surface area contributed by atoms with E-state index in [0.29, 0.717) is 5.75 Å². The van der Waals surface area contributed by atoms with Crippen LogP contribution in [-0.2, 0) is 16.0 Å². The summed E-state index contributed by atoms with van der Waals surface area (Å²) in [5.74, 6) is 1.35. The number of hydrogen-bond donors (Lipinski definition) is 2. The van der Waals surface area contributed by atoms with E-state index in [1.807, 2.05) is 42.5 Å². The summed E-state index contributed by atoms with van der Waals surface area (Å²) in [6.07, 6.45) is 4.03. The molecule has 0 aromatic heterocycles. The Kier molecular flexibility index (Phi) is 13.1. The van der Waals surface area contributed by atoms with Gasteiger partial charge in [0.2, 0.25) is 0 Å². The quantitative estimate of drug-likeness (QED) is 0.318. The van der Waals surface area contributed by atoms with Crippen LogP contribution in [0.4, 0.5) is 8.78 Å². The molecule has 0 atom stereocenters. The van der Waals surface area contributed by atoms with E-state index in [1.165, 1.54) is 12.1 Å². The zero-order valence-electron chi connectivity index (χ0n) is 17.0. The molecule has 0 saturated carbocycles. The summed E-state index contributed by atoms with van der Waals surface area (Å²) < 4.78 is 38.5. The minimum absolute atomic E-state index is 0. The second-order valence-corrected chi connectivity index (χ2v) is 8.76. The molecule has 0 radical (unpaired) electrons. The Morgan fingerprint density at radius 2 is 1.78 bits per heavy atom. The Morgan fingerprint density at radius 1 is 1.15 bits per heavy atom. The minimum Gasteiger partial charge on any atom is -1.00 e. The number of alkyl halides is 2. The summed E-state index contributed by atoms with van der Waals surface area (Å²) in [5.41, 5.74) is -3.03. The van der Waals surface area contributed by atoms with E-state index < -0.39 is 18.8 Å². The number of hydrogen-bond acceptors (Lipinski definition) is 2. The van der Waals surface area contributed by atoms with Gasteiger partial charge in [-0.15, -0.1) is 0 Å². The van der Waals surface area contributed by atoms with Crippen molar-refractivity contribution < 1.29 is 85.1 Å². The van der Waals surface area contributed by atoms with Gasteiger partial charge in [0, 0.05) is 21.5 Å². The molecule has 2 N–H and O–H groups in total. The summed E-state index contributed by atoms with van der Waals surface area (Å²) in [6.45, 7) is 0. The average Bonchev–Trinajstić information content (AvgIpc) is 2.54. The predicted octanol–water partition coefficient (Wildman–Crippen LogP) is -0.144. The van der Waals surface area contributed by atoms with Crippen LogP contribution in [-0.4, -0.2) is 15.5 Å². The Hall–Kier alpha value is 1.02. The fraction of sp³-hybridized carbons (Fsp3) is 0.176. The van der Waals surface area contributed by atoms with Crippen LogP contribution < -0.4 is 59.1 Å². The SMILES string of the molecule is O=P(O)(O)C(F)(F)c1ccc(CSC/C=C/c2ccccc2)cc1Br.[H-].[H-].[Na+].[Na+]. The molecular formula is C17H18BrF2Na2O3PS. The molecule has 0 amide bonds. The fourth-order valence-electron chi connectivity index (χ4n) is 2.04. The topological polar surface area (TPSA) is 57.5 Å². The molecule has 0 aliphatic rings.